The number of hydrogen-bond donors (Lipinski definition) is 2. The van der Waals surface area contributed by atoms with Gasteiger partial charge in [0.2, 0.25) is 0 Å². The lowest BCUT2D eigenvalue weighted by atomic mass is 10.4. The summed E-state index contributed by atoms with van der Waals surface area (Å²) in [6.07, 6.45) is 0.560. The molecule has 0 saturated carbocycles. The van der Waals surface area contributed by atoms with E-state index in [-0.39, 0.29) is 0 Å². The van der Waals surface area contributed by atoms with Gasteiger partial charge in [0.25, 0.3) is 5.91 Å². The van der Waals surface area contributed by atoms with Gasteiger partial charge in [-0.2, -0.15) is 0 Å². The van der Waals surface area contributed by atoms with E-state index in [0.29, 0.717) is 5.82 Å². The van der Waals surface area contributed by atoms with E-state index in [9.17, 15) is 4.79 Å². The van der Waals surface area contributed by atoms with E-state index in [1.165, 1.54) is 6.92 Å². The quantitative estimate of drug-likeness (QED) is 0.668. The summed E-state index contributed by atoms with van der Waals surface area (Å²) in [6.45, 7) is 1.40. The zero-order chi connectivity index (χ0) is 8.97. The van der Waals surface area contributed by atoms with Gasteiger partial charge < -0.3 is 10.4 Å². The zero-order valence-electron chi connectivity index (χ0n) is 6.69. The number of pyridine rings is 1. The Hall–Kier alpha value is -1.42. The summed E-state index contributed by atoms with van der Waals surface area (Å²) in [5.74, 6) is -0.00269. The Morgan fingerprint density at radius 1 is 1.67 bits per heavy atom. The van der Waals surface area contributed by atoms with Gasteiger partial charge in [0.05, 0.1) is 0 Å². The first-order valence-electron chi connectivity index (χ1n) is 3.60. The lowest BCUT2D eigenvalue weighted by molar-refractivity contribution is -0.123. The highest BCUT2D eigenvalue weighted by molar-refractivity contribution is 5.92. The fourth-order valence-corrected chi connectivity index (χ4v) is 0.667. The van der Waals surface area contributed by atoms with Crippen LogP contribution in [-0.4, -0.2) is 22.1 Å². The minimum Gasteiger partial charge on any atom is -0.384 e. The van der Waals surface area contributed by atoms with Crippen LogP contribution in [0.25, 0.3) is 0 Å². The second kappa shape index (κ2) is 3.82. The van der Waals surface area contributed by atoms with Crippen LogP contribution in [0.4, 0.5) is 5.82 Å². The first-order valence-corrected chi connectivity index (χ1v) is 3.60. The van der Waals surface area contributed by atoms with Gasteiger partial charge in [0.1, 0.15) is 11.9 Å². The molecule has 0 radical (unpaired) electrons. The Morgan fingerprint density at radius 3 is 2.92 bits per heavy atom. The van der Waals surface area contributed by atoms with Crippen molar-refractivity contribution < 1.29 is 9.90 Å². The minimum absolute atomic E-state index is 0.448. The SMILES string of the molecule is CC(O)C(=O)Nc1ccccn1. The molecule has 1 unspecified atom stereocenters. The number of rotatable bonds is 2. The van der Waals surface area contributed by atoms with E-state index in [1.54, 1.807) is 24.4 Å². The molecular formula is C8H10N2O2. The first kappa shape index (κ1) is 8.67. The van der Waals surface area contributed by atoms with Crippen molar-refractivity contribution in [2.75, 3.05) is 5.32 Å². The van der Waals surface area contributed by atoms with Crippen LogP contribution in [0.5, 0.6) is 0 Å². The summed E-state index contributed by atoms with van der Waals surface area (Å²) in [5.41, 5.74) is 0. The lowest BCUT2D eigenvalue weighted by Gasteiger charge is -2.04. The molecular weight excluding hydrogens is 156 g/mol. The van der Waals surface area contributed by atoms with Gasteiger partial charge in [0, 0.05) is 6.20 Å². The molecule has 4 heteroatoms. The van der Waals surface area contributed by atoms with Crippen LogP contribution >= 0.6 is 0 Å². The predicted octanol–water partition coefficient (Wildman–Crippen LogP) is 0.401. The molecule has 0 fully saturated rings. The van der Waals surface area contributed by atoms with Crippen molar-refractivity contribution >= 4 is 11.7 Å². The van der Waals surface area contributed by atoms with Crippen LogP contribution in [0.15, 0.2) is 24.4 Å². The van der Waals surface area contributed by atoms with Crippen LogP contribution in [0.3, 0.4) is 0 Å². The van der Waals surface area contributed by atoms with Crippen molar-refractivity contribution in [1.29, 1.82) is 0 Å². The highest BCUT2D eigenvalue weighted by Gasteiger charge is 2.08. The summed E-state index contributed by atoms with van der Waals surface area (Å²) in [6, 6.07) is 5.16. The van der Waals surface area contributed by atoms with Crippen LogP contribution in [0.1, 0.15) is 6.92 Å². The zero-order valence-corrected chi connectivity index (χ0v) is 6.69. The fraction of sp³-hybridized carbons (Fsp3) is 0.250. The maximum absolute atomic E-state index is 10.9. The molecule has 0 aliphatic rings. The summed E-state index contributed by atoms with van der Waals surface area (Å²) >= 11 is 0. The molecule has 0 bridgehead atoms. The molecule has 0 spiro atoms. The summed E-state index contributed by atoms with van der Waals surface area (Å²) < 4.78 is 0. The Morgan fingerprint density at radius 2 is 2.42 bits per heavy atom. The highest BCUT2D eigenvalue weighted by Crippen LogP contribution is 1.99. The average molecular weight is 166 g/mol. The number of amides is 1. The van der Waals surface area contributed by atoms with Crippen LogP contribution in [-0.2, 0) is 4.79 Å². The molecule has 1 heterocycles. The molecule has 2 N–H and O–H groups in total. The van der Waals surface area contributed by atoms with Gasteiger partial charge in [-0.15, -0.1) is 0 Å². The number of aromatic nitrogens is 1. The van der Waals surface area contributed by atoms with Gasteiger partial charge >= 0.3 is 0 Å². The van der Waals surface area contributed by atoms with E-state index in [1.807, 2.05) is 0 Å². The third-order valence-electron chi connectivity index (χ3n) is 1.30. The summed E-state index contributed by atoms with van der Waals surface area (Å²) in [4.78, 5) is 14.8. The van der Waals surface area contributed by atoms with E-state index in [4.69, 9.17) is 5.11 Å². The molecule has 12 heavy (non-hydrogen) atoms. The van der Waals surface area contributed by atoms with Gasteiger partial charge in [-0.05, 0) is 19.1 Å². The number of aliphatic hydroxyl groups excluding tert-OH is 1. The van der Waals surface area contributed by atoms with Crippen molar-refractivity contribution in [3.8, 4) is 0 Å². The van der Waals surface area contributed by atoms with E-state index < -0.39 is 12.0 Å². The maximum Gasteiger partial charge on any atom is 0.254 e. The van der Waals surface area contributed by atoms with Crippen molar-refractivity contribution in [3.63, 3.8) is 0 Å². The third-order valence-corrected chi connectivity index (χ3v) is 1.30. The number of hydrogen-bond acceptors (Lipinski definition) is 3. The van der Waals surface area contributed by atoms with Gasteiger partial charge in [-0.1, -0.05) is 6.07 Å². The first-order chi connectivity index (χ1) is 5.70. The molecule has 1 amide bonds. The summed E-state index contributed by atoms with van der Waals surface area (Å²) in [7, 11) is 0. The van der Waals surface area contributed by atoms with Gasteiger partial charge in [-0.25, -0.2) is 4.98 Å². The second-order valence-electron chi connectivity index (χ2n) is 2.38. The fourth-order valence-electron chi connectivity index (χ4n) is 0.667. The molecule has 1 aromatic rings. The van der Waals surface area contributed by atoms with Gasteiger partial charge in [-0.3, -0.25) is 4.79 Å². The number of carbonyl (C=O) groups excluding carboxylic acids is 1. The topological polar surface area (TPSA) is 62.2 Å². The number of nitrogens with one attached hydrogen (secondary N) is 1. The van der Waals surface area contributed by atoms with Crippen LogP contribution in [0, 0.1) is 0 Å². The Balaban J connectivity index is 2.59. The number of carbonyl (C=O) groups is 1. The molecule has 1 aromatic heterocycles. The Labute approximate surface area is 70.3 Å². The van der Waals surface area contributed by atoms with Crippen molar-refractivity contribution in [2.45, 2.75) is 13.0 Å². The van der Waals surface area contributed by atoms with Crippen LogP contribution < -0.4 is 5.32 Å². The molecule has 0 aromatic carbocycles. The average Bonchev–Trinajstić information content (AvgIpc) is 2.06. The molecule has 0 aliphatic heterocycles. The van der Waals surface area contributed by atoms with Crippen molar-refractivity contribution in [2.24, 2.45) is 0 Å². The smallest absolute Gasteiger partial charge is 0.254 e. The lowest BCUT2D eigenvalue weighted by Crippen LogP contribution is -2.24. The number of anilines is 1. The Kier molecular flexibility index (Phi) is 2.76. The molecule has 0 saturated heterocycles. The number of nitrogens with zero attached hydrogens (tertiary/aromatic N) is 1. The van der Waals surface area contributed by atoms with Gasteiger partial charge in [0.15, 0.2) is 0 Å². The third kappa shape index (κ3) is 2.32. The van der Waals surface area contributed by atoms with E-state index in [0.717, 1.165) is 0 Å². The molecule has 0 aliphatic carbocycles. The molecule has 1 rings (SSSR count). The van der Waals surface area contributed by atoms with Crippen molar-refractivity contribution in [3.05, 3.63) is 24.4 Å². The second-order valence-corrected chi connectivity index (χ2v) is 2.38. The summed E-state index contributed by atoms with van der Waals surface area (Å²) in [5, 5.41) is 11.3. The predicted molar refractivity (Wildman–Crippen MR) is 44.5 cm³/mol. The Bertz CT molecular complexity index is 259. The molecule has 4 nitrogen and oxygen atoms in total. The van der Waals surface area contributed by atoms with Crippen LogP contribution in [0.2, 0.25) is 0 Å². The monoisotopic (exact) mass is 166 g/mol. The van der Waals surface area contributed by atoms with E-state index in [2.05, 4.69) is 10.3 Å². The molecule has 64 valence electrons. The normalized spacial score (nSPS) is 12.2. The maximum atomic E-state index is 10.9. The molecule has 1 atom stereocenters. The standard InChI is InChI=1S/C8H10N2O2/c1-6(11)8(12)10-7-4-2-3-5-9-7/h2-6,11H,1H3,(H,9,10,12). The van der Waals surface area contributed by atoms with E-state index >= 15 is 0 Å². The highest BCUT2D eigenvalue weighted by atomic mass is 16.3. The minimum atomic E-state index is -1.01. The number of aliphatic hydroxyl groups is 1. The van der Waals surface area contributed by atoms with Crippen molar-refractivity contribution in [1.82, 2.24) is 4.98 Å². The largest absolute Gasteiger partial charge is 0.384 e.